The third kappa shape index (κ3) is 5.73. The third-order valence-corrected chi connectivity index (χ3v) is 7.37. The first-order valence-corrected chi connectivity index (χ1v) is 13.3. The van der Waals surface area contributed by atoms with Crippen LogP contribution in [0.3, 0.4) is 0 Å². The van der Waals surface area contributed by atoms with Crippen LogP contribution in [0.25, 0.3) is 0 Å². The fraction of sp³-hybridized carbons (Fsp3) is 0.370. The number of aromatic nitrogens is 2. The van der Waals surface area contributed by atoms with E-state index in [1.165, 1.54) is 37.4 Å². The molecule has 0 bridgehead atoms. The second-order valence-electron chi connectivity index (χ2n) is 9.85. The summed E-state index contributed by atoms with van der Waals surface area (Å²) in [6.45, 7) is 3.81. The molecule has 1 saturated carbocycles. The van der Waals surface area contributed by atoms with Crippen LogP contribution in [-0.4, -0.2) is 66.1 Å². The van der Waals surface area contributed by atoms with Gasteiger partial charge in [0.2, 0.25) is 5.75 Å². The first-order valence-electron chi connectivity index (χ1n) is 13.0. The number of amides is 1. The summed E-state index contributed by atoms with van der Waals surface area (Å²) >= 11 is 6.32. The zero-order chi connectivity index (χ0) is 27.9. The standard InChI is InChI=1S/C27H26ClF3N6O3/c28-21-4-1-16(11-22(21)40-26-23-24(33-15-34-26)32-5-10-39-23)25(38)35-18-12-17(27(29,30)31)13-20(14-18)37-8-6-36(7-9-37)19-2-3-19/h1,4,11-15,19H,2-3,5-10H2,(H,35,38)(H,32,33,34). The highest BCUT2D eigenvalue weighted by Gasteiger charge is 2.34. The van der Waals surface area contributed by atoms with Crippen LogP contribution >= 0.6 is 11.6 Å². The molecule has 3 aromatic rings. The lowest BCUT2D eigenvalue weighted by atomic mass is 10.1. The molecule has 3 aliphatic rings. The van der Waals surface area contributed by atoms with E-state index in [0.717, 1.165) is 25.2 Å². The zero-order valence-electron chi connectivity index (χ0n) is 21.3. The van der Waals surface area contributed by atoms with Crippen molar-refractivity contribution in [1.29, 1.82) is 0 Å². The molecule has 2 aromatic carbocycles. The van der Waals surface area contributed by atoms with Gasteiger partial charge in [0.25, 0.3) is 11.8 Å². The average molecular weight is 575 g/mol. The molecule has 210 valence electrons. The van der Waals surface area contributed by atoms with Crippen molar-refractivity contribution in [1.82, 2.24) is 14.9 Å². The average Bonchev–Trinajstić information content (AvgIpc) is 3.80. The van der Waals surface area contributed by atoms with Crippen molar-refractivity contribution in [2.75, 3.05) is 54.9 Å². The van der Waals surface area contributed by atoms with Crippen molar-refractivity contribution < 1.29 is 27.4 Å². The van der Waals surface area contributed by atoms with Crippen molar-refractivity contribution in [2.45, 2.75) is 25.1 Å². The molecule has 2 N–H and O–H groups in total. The Bertz CT molecular complexity index is 1430. The van der Waals surface area contributed by atoms with E-state index >= 15 is 0 Å². The molecular formula is C27H26ClF3N6O3. The molecule has 2 fully saturated rings. The van der Waals surface area contributed by atoms with E-state index in [1.54, 1.807) is 6.07 Å². The molecule has 1 aliphatic carbocycles. The van der Waals surface area contributed by atoms with Crippen molar-refractivity contribution in [3.05, 3.63) is 58.9 Å². The SMILES string of the molecule is O=C(Nc1cc(N2CCN(C3CC3)CC2)cc(C(F)(F)F)c1)c1ccc(Cl)c(Oc2ncnc3c2OCCN3)c1. The van der Waals surface area contributed by atoms with E-state index < -0.39 is 17.6 Å². The maximum atomic E-state index is 13.8. The maximum absolute atomic E-state index is 13.8. The van der Waals surface area contributed by atoms with Crippen molar-refractivity contribution in [3.63, 3.8) is 0 Å². The lowest BCUT2D eigenvalue weighted by molar-refractivity contribution is -0.137. The van der Waals surface area contributed by atoms with Crippen molar-refractivity contribution in [3.8, 4) is 17.4 Å². The van der Waals surface area contributed by atoms with Crippen molar-refractivity contribution in [2.24, 2.45) is 0 Å². The monoisotopic (exact) mass is 574 g/mol. The summed E-state index contributed by atoms with van der Waals surface area (Å²) in [5.41, 5.74) is -0.227. The van der Waals surface area contributed by atoms with Crippen LogP contribution < -0.4 is 25.0 Å². The molecule has 40 heavy (non-hydrogen) atoms. The van der Waals surface area contributed by atoms with E-state index in [1.807, 2.05) is 4.90 Å². The number of piperazine rings is 1. The van der Waals surface area contributed by atoms with Crippen LogP contribution in [-0.2, 0) is 6.18 Å². The summed E-state index contributed by atoms with van der Waals surface area (Å²) in [5, 5.41) is 5.89. The number of alkyl halides is 3. The molecule has 3 heterocycles. The Labute approximate surface area is 233 Å². The number of benzene rings is 2. The number of halogens is 4. The van der Waals surface area contributed by atoms with E-state index in [0.29, 0.717) is 49.5 Å². The van der Waals surface area contributed by atoms with Gasteiger partial charge in [-0.3, -0.25) is 9.69 Å². The highest BCUT2D eigenvalue weighted by atomic mass is 35.5. The Balaban J connectivity index is 1.22. The van der Waals surface area contributed by atoms with E-state index in [9.17, 15) is 18.0 Å². The van der Waals surface area contributed by atoms with Crippen LogP contribution in [0.15, 0.2) is 42.7 Å². The number of hydrogen-bond acceptors (Lipinski definition) is 8. The van der Waals surface area contributed by atoms with Gasteiger partial charge in [0.05, 0.1) is 17.1 Å². The van der Waals surface area contributed by atoms with Gasteiger partial charge in [-0.1, -0.05) is 11.6 Å². The van der Waals surface area contributed by atoms with Crippen molar-refractivity contribution >= 4 is 34.7 Å². The summed E-state index contributed by atoms with van der Waals surface area (Å²) in [7, 11) is 0. The van der Waals surface area contributed by atoms with E-state index in [4.69, 9.17) is 21.1 Å². The second-order valence-corrected chi connectivity index (χ2v) is 10.3. The number of nitrogens with one attached hydrogen (secondary N) is 2. The number of rotatable bonds is 6. The Hall–Kier alpha value is -3.77. The molecule has 0 spiro atoms. The van der Waals surface area contributed by atoms with E-state index in [-0.39, 0.29) is 27.9 Å². The quantitative estimate of drug-likeness (QED) is 0.411. The number of ether oxygens (including phenoxy) is 2. The smallest absolute Gasteiger partial charge is 0.416 e. The second kappa shape index (κ2) is 10.7. The first kappa shape index (κ1) is 26.5. The molecule has 0 unspecified atom stereocenters. The highest BCUT2D eigenvalue weighted by Crippen LogP contribution is 2.39. The first-order chi connectivity index (χ1) is 19.2. The normalized spacial score (nSPS) is 17.4. The minimum atomic E-state index is -4.57. The third-order valence-electron chi connectivity index (χ3n) is 7.06. The van der Waals surface area contributed by atoms with Gasteiger partial charge in [-0.25, -0.2) is 4.98 Å². The molecular weight excluding hydrogens is 549 g/mol. The molecule has 0 atom stereocenters. The molecule has 1 amide bonds. The Morgan fingerprint density at radius 3 is 2.65 bits per heavy atom. The predicted octanol–water partition coefficient (Wildman–Crippen LogP) is 5.28. The topological polar surface area (TPSA) is 91.9 Å². The summed E-state index contributed by atoms with van der Waals surface area (Å²) in [5.74, 6) is 0.404. The van der Waals surface area contributed by atoms with Gasteiger partial charge < -0.3 is 25.0 Å². The Kier molecular flexibility index (Phi) is 7.05. The molecule has 2 aliphatic heterocycles. The number of nitrogens with zero attached hydrogens (tertiary/aromatic N) is 4. The Morgan fingerprint density at radius 1 is 1.10 bits per heavy atom. The summed E-state index contributed by atoms with van der Waals surface area (Å²) in [6, 6.07) is 8.58. The number of fused-ring (bicyclic) bond motifs is 1. The van der Waals surface area contributed by atoms with Gasteiger partial charge in [0.1, 0.15) is 18.7 Å². The van der Waals surface area contributed by atoms with Crippen LogP contribution in [0.1, 0.15) is 28.8 Å². The summed E-state index contributed by atoms with van der Waals surface area (Å²) < 4.78 is 52.8. The molecule has 0 radical (unpaired) electrons. The molecule has 1 aromatic heterocycles. The van der Waals surface area contributed by atoms with Crippen LogP contribution in [0.5, 0.6) is 17.4 Å². The highest BCUT2D eigenvalue weighted by molar-refractivity contribution is 6.32. The number of anilines is 3. The fourth-order valence-electron chi connectivity index (χ4n) is 4.85. The number of carbonyl (C=O) groups excluding carboxylic acids is 1. The lowest BCUT2D eigenvalue weighted by Gasteiger charge is -2.36. The van der Waals surface area contributed by atoms with Gasteiger partial charge in [-0.05, 0) is 49.2 Å². The predicted molar refractivity (Wildman–Crippen MR) is 144 cm³/mol. The largest absolute Gasteiger partial charge is 0.483 e. The molecule has 1 saturated heterocycles. The van der Waals surface area contributed by atoms with Crippen LogP contribution in [0, 0.1) is 0 Å². The molecule has 13 heteroatoms. The minimum absolute atomic E-state index is 0.0428. The molecule has 6 rings (SSSR count). The fourth-order valence-corrected chi connectivity index (χ4v) is 5.01. The van der Waals surface area contributed by atoms with Gasteiger partial charge >= 0.3 is 6.18 Å². The Morgan fingerprint density at radius 2 is 1.90 bits per heavy atom. The lowest BCUT2D eigenvalue weighted by Crippen LogP contribution is -2.47. The zero-order valence-corrected chi connectivity index (χ0v) is 22.1. The van der Waals surface area contributed by atoms with Crippen LogP contribution in [0.4, 0.5) is 30.4 Å². The number of carbonyl (C=O) groups is 1. The van der Waals surface area contributed by atoms with Gasteiger partial charge in [0, 0.05) is 49.2 Å². The maximum Gasteiger partial charge on any atom is 0.416 e. The number of hydrogen-bond donors (Lipinski definition) is 2. The molecule has 9 nitrogen and oxygen atoms in total. The van der Waals surface area contributed by atoms with Crippen LogP contribution in [0.2, 0.25) is 5.02 Å². The van der Waals surface area contributed by atoms with Gasteiger partial charge in [0.15, 0.2) is 5.82 Å². The van der Waals surface area contributed by atoms with E-state index in [2.05, 4.69) is 25.5 Å². The summed E-state index contributed by atoms with van der Waals surface area (Å²) in [4.78, 5) is 25.7. The minimum Gasteiger partial charge on any atom is -0.483 e. The van der Waals surface area contributed by atoms with Gasteiger partial charge in [-0.15, -0.1) is 0 Å². The summed E-state index contributed by atoms with van der Waals surface area (Å²) in [6.07, 6.45) is -0.898. The van der Waals surface area contributed by atoms with Gasteiger partial charge in [-0.2, -0.15) is 18.2 Å².